The molecule has 0 fully saturated rings. The van der Waals surface area contributed by atoms with E-state index >= 15 is 0 Å². The van der Waals surface area contributed by atoms with Crippen molar-refractivity contribution in [3.8, 4) is 34.3 Å². The molecule has 8 nitrogen and oxygen atoms in total. The Bertz CT molecular complexity index is 1190. The van der Waals surface area contributed by atoms with E-state index in [4.69, 9.17) is 14.2 Å². The van der Waals surface area contributed by atoms with Crippen LogP contribution in [0.25, 0.3) is 17.0 Å². The number of imidazole rings is 1. The fraction of sp³-hybridized carbons (Fsp3) is 0.182. The van der Waals surface area contributed by atoms with Crippen LogP contribution in [0.4, 0.5) is 11.5 Å². The van der Waals surface area contributed by atoms with Crippen molar-refractivity contribution in [2.75, 3.05) is 26.1 Å². The average Bonchev–Trinajstić information content (AvgIpc) is 3.13. The van der Waals surface area contributed by atoms with Crippen LogP contribution in [0.1, 0.15) is 6.92 Å². The van der Waals surface area contributed by atoms with Crippen LogP contribution in [-0.2, 0) is 0 Å². The van der Waals surface area contributed by atoms with E-state index in [-0.39, 0.29) is 5.75 Å². The van der Waals surface area contributed by atoms with Crippen LogP contribution in [0.3, 0.4) is 0 Å². The maximum atomic E-state index is 9.83. The maximum Gasteiger partial charge on any atom is 0.235 e. The summed E-state index contributed by atoms with van der Waals surface area (Å²) in [5.74, 6) is 3.15. The third-order valence-electron chi connectivity index (χ3n) is 4.57. The van der Waals surface area contributed by atoms with Gasteiger partial charge in [0.05, 0.1) is 20.8 Å². The molecule has 0 radical (unpaired) electrons. The Morgan fingerprint density at radius 2 is 1.87 bits per heavy atom. The van der Waals surface area contributed by atoms with E-state index in [9.17, 15) is 5.11 Å². The summed E-state index contributed by atoms with van der Waals surface area (Å²) < 4.78 is 18.4. The lowest BCUT2D eigenvalue weighted by Crippen LogP contribution is -2.00. The number of hydrogen-bond acceptors (Lipinski definition) is 7. The SMILES string of the molecule is CCOc1ccc(Nc2c(-c3ccc(O)cc3OC)nc3ncccn23)cc1OC. The van der Waals surface area contributed by atoms with Crippen molar-refractivity contribution in [2.45, 2.75) is 6.92 Å². The summed E-state index contributed by atoms with van der Waals surface area (Å²) in [4.78, 5) is 9.03. The van der Waals surface area contributed by atoms with Gasteiger partial charge in [-0.3, -0.25) is 4.40 Å². The van der Waals surface area contributed by atoms with Gasteiger partial charge in [0.25, 0.3) is 0 Å². The monoisotopic (exact) mass is 406 g/mol. The van der Waals surface area contributed by atoms with E-state index in [0.717, 1.165) is 11.3 Å². The van der Waals surface area contributed by atoms with Crippen LogP contribution in [-0.4, -0.2) is 40.3 Å². The highest BCUT2D eigenvalue weighted by molar-refractivity contribution is 5.82. The summed E-state index contributed by atoms with van der Waals surface area (Å²) in [6.45, 7) is 2.47. The number of methoxy groups -OCH3 is 2. The van der Waals surface area contributed by atoms with E-state index in [2.05, 4.69) is 15.3 Å². The smallest absolute Gasteiger partial charge is 0.235 e. The molecule has 2 aromatic heterocycles. The lowest BCUT2D eigenvalue weighted by molar-refractivity contribution is 0.311. The second kappa shape index (κ2) is 8.20. The van der Waals surface area contributed by atoms with Crippen molar-refractivity contribution in [3.05, 3.63) is 54.9 Å². The number of phenolic OH excluding ortho intramolecular Hbond substituents is 1. The first-order chi connectivity index (χ1) is 14.6. The number of phenols is 1. The molecular weight excluding hydrogens is 384 g/mol. The minimum Gasteiger partial charge on any atom is -0.508 e. The third kappa shape index (κ3) is 3.55. The standard InChI is InChI=1S/C22H22N4O4/c1-4-30-17-9-6-14(12-19(17)29-3)24-21-20(25-22-23-10-5-11-26(21)22)16-8-7-15(27)13-18(16)28-2/h5-13,24,27H,4H2,1-3H3. The highest BCUT2D eigenvalue weighted by Gasteiger charge is 2.19. The topological polar surface area (TPSA) is 90.1 Å². The van der Waals surface area contributed by atoms with Crippen molar-refractivity contribution in [3.63, 3.8) is 0 Å². The van der Waals surface area contributed by atoms with Gasteiger partial charge in [-0.15, -0.1) is 0 Å². The average molecular weight is 406 g/mol. The predicted molar refractivity (Wildman–Crippen MR) is 114 cm³/mol. The summed E-state index contributed by atoms with van der Waals surface area (Å²) in [6, 6.07) is 12.4. The van der Waals surface area contributed by atoms with Crippen LogP contribution in [0.2, 0.25) is 0 Å². The van der Waals surface area contributed by atoms with E-state index in [1.807, 2.05) is 41.8 Å². The van der Waals surface area contributed by atoms with Crippen LogP contribution >= 0.6 is 0 Å². The highest BCUT2D eigenvalue weighted by Crippen LogP contribution is 2.39. The minimum atomic E-state index is 0.114. The van der Waals surface area contributed by atoms with E-state index < -0.39 is 0 Å². The van der Waals surface area contributed by atoms with E-state index in [1.54, 1.807) is 38.6 Å². The number of rotatable bonds is 7. The Labute approximate surface area is 173 Å². The molecule has 30 heavy (non-hydrogen) atoms. The summed E-state index contributed by atoms with van der Waals surface area (Å²) in [5.41, 5.74) is 2.15. The zero-order valence-corrected chi connectivity index (χ0v) is 16.9. The number of aromatic nitrogens is 3. The predicted octanol–water partition coefficient (Wildman–Crippen LogP) is 4.26. The number of benzene rings is 2. The molecule has 0 saturated carbocycles. The van der Waals surface area contributed by atoms with Crippen molar-refractivity contribution < 1.29 is 19.3 Å². The molecule has 0 aliphatic carbocycles. The number of ether oxygens (including phenoxy) is 3. The van der Waals surface area contributed by atoms with Gasteiger partial charge in [-0.25, -0.2) is 9.97 Å². The second-order valence-corrected chi connectivity index (χ2v) is 6.41. The van der Waals surface area contributed by atoms with E-state index in [0.29, 0.717) is 41.1 Å². The van der Waals surface area contributed by atoms with E-state index in [1.165, 1.54) is 0 Å². The Morgan fingerprint density at radius 3 is 2.63 bits per heavy atom. The zero-order chi connectivity index (χ0) is 21.1. The fourth-order valence-electron chi connectivity index (χ4n) is 3.23. The van der Waals surface area contributed by atoms with Crippen LogP contribution in [0.15, 0.2) is 54.9 Å². The van der Waals surface area contributed by atoms with Crippen LogP contribution in [0.5, 0.6) is 23.0 Å². The Morgan fingerprint density at radius 1 is 1.03 bits per heavy atom. The van der Waals surface area contributed by atoms with Crippen molar-refractivity contribution in [1.29, 1.82) is 0 Å². The third-order valence-corrected chi connectivity index (χ3v) is 4.57. The van der Waals surface area contributed by atoms with Gasteiger partial charge in [-0.2, -0.15) is 0 Å². The number of nitrogens with zero attached hydrogens (tertiary/aromatic N) is 3. The number of aromatic hydroxyl groups is 1. The lowest BCUT2D eigenvalue weighted by atomic mass is 10.1. The molecule has 0 atom stereocenters. The Hall–Kier alpha value is -3.94. The summed E-state index contributed by atoms with van der Waals surface area (Å²) in [7, 11) is 3.16. The molecule has 154 valence electrons. The van der Waals surface area contributed by atoms with Gasteiger partial charge in [0.15, 0.2) is 11.5 Å². The quantitative estimate of drug-likeness (QED) is 0.474. The summed E-state index contributed by atoms with van der Waals surface area (Å²) >= 11 is 0. The van der Waals surface area contributed by atoms with Crippen molar-refractivity contribution in [1.82, 2.24) is 14.4 Å². The normalized spacial score (nSPS) is 10.8. The number of anilines is 2. The largest absolute Gasteiger partial charge is 0.508 e. The zero-order valence-electron chi connectivity index (χ0n) is 16.9. The fourth-order valence-corrected chi connectivity index (χ4v) is 3.23. The number of hydrogen-bond donors (Lipinski definition) is 2. The Kier molecular flexibility index (Phi) is 5.30. The molecule has 4 rings (SSSR count). The number of fused-ring (bicyclic) bond motifs is 1. The first-order valence-corrected chi connectivity index (χ1v) is 9.43. The van der Waals surface area contributed by atoms with Gasteiger partial charge in [-0.05, 0) is 37.3 Å². The summed E-state index contributed by atoms with van der Waals surface area (Å²) in [5, 5.41) is 13.2. The van der Waals surface area contributed by atoms with Crippen molar-refractivity contribution in [2.24, 2.45) is 0 Å². The van der Waals surface area contributed by atoms with Gasteiger partial charge in [-0.1, -0.05) is 0 Å². The van der Waals surface area contributed by atoms with Gasteiger partial charge in [0.1, 0.15) is 23.0 Å². The van der Waals surface area contributed by atoms with Crippen molar-refractivity contribution >= 4 is 17.3 Å². The molecule has 8 heteroatoms. The molecule has 2 heterocycles. The van der Waals surface area contributed by atoms with Gasteiger partial charge >= 0.3 is 0 Å². The van der Waals surface area contributed by atoms with Gasteiger partial charge in [0.2, 0.25) is 5.78 Å². The Balaban J connectivity index is 1.84. The van der Waals surface area contributed by atoms with Crippen LogP contribution < -0.4 is 19.5 Å². The molecule has 0 bridgehead atoms. The first-order valence-electron chi connectivity index (χ1n) is 9.43. The lowest BCUT2D eigenvalue weighted by Gasteiger charge is -2.14. The molecule has 2 N–H and O–H groups in total. The molecule has 0 aliphatic heterocycles. The number of nitrogens with one attached hydrogen (secondary N) is 1. The first kappa shape index (κ1) is 19.4. The molecule has 2 aromatic carbocycles. The summed E-state index contributed by atoms with van der Waals surface area (Å²) in [6.07, 6.45) is 3.56. The van der Waals surface area contributed by atoms with Crippen LogP contribution in [0, 0.1) is 0 Å². The maximum absolute atomic E-state index is 9.83. The molecule has 0 saturated heterocycles. The molecule has 0 unspecified atom stereocenters. The van der Waals surface area contributed by atoms with Gasteiger partial charge < -0.3 is 24.6 Å². The molecule has 0 spiro atoms. The highest BCUT2D eigenvalue weighted by atomic mass is 16.5. The second-order valence-electron chi connectivity index (χ2n) is 6.41. The molecular formula is C22H22N4O4. The molecule has 0 aliphatic rings. The molecule has 4 aromatic rings. The molecule has 0 amide bonds. The minimum absolute atomic E-state index is 0.114. The van der Waals surface area contributed by atoms with Gasteiger partial charge in [0, 0.05) is 35.8 Å².